The zero-order valence-corrected chi connectivity index (χ0v) is 18.0. The Balaban J connectivity index is 1.93. The van der Waals surface area contributed by atoms with E-state index in [2.05, 4.69) is 10.3 Å². The predicted molar refractivity (Wildman–Crippen MR) is 118 cm³/mol. The van der Waals surface area contributed by atoms with Gasteiger partial charge < -0.3 is 16.0 Å². The van der Waals surface area contributed by atoms with Crippen LogP contribution in [0.1, 0.15) is 54.7 Å². The van der Waals surface area contributed by atoms with Crippen LogP contribution >= 0.6 is 0 Å². The van der Waals surface area contributed by atoms with E-state index in [4.69, 9.17) is 5.73 Å². The number of carbonyl (C=O) groups excluding carboxylic acids is 2. The smallest absolute Gasteiger partial charge is 0.255 e. The van der Waals surface area contributed by atoms with Gasteiger partial charge in [0, 0.05) is 17.1 Å². The van der Waals surface area contributed by atoms with Crippen LogP contribution in [0.15, 0.2) is 47.4 Å². The maximum Gasteiger partial charge on any atom is 0.255 e. The maximum atomic E-state index is 14.9. The molecule has 3 aromatic rings. The van der Waals surface area contributed by atoms with Gasteiger partial charge in [-0.1, -0.05) is 32.4 Å². The standard InChI is InChI=1S/C24H25F2N3O3/c1-4-12(2)21(27)24(32)29-13(3)14-10-18(25)20(19(26)11-14)22(30)16-6-5-7-17-15(16)8-9-28-23(17)31/h5-13,21H,4,27H2,1-3H3,(H,28,31)(H,29,32)/t12?,13?,21-/m0/s1. The number of nitrogens with two attached hydrogens (primary N) is 1. The molecule has 1 aromatic heterocycles. The number of carbonyl (C=O) groups is 2. The summed E-state index contributed by atoms with van der Waals surface area (Å²) in [4.78, 5) is 39.8. The number of hydrogen-bond donors (Lipinski definition) is 3. The molecule has 0 spiro atoms. The van der Waals surface area contributed by atoms with Gasteiger partial charge in [0.15, 0.2) is 5.78 Å². The van der Waals surface area contributed by atoms with Crippen LogP contribution in [-0.4, -0.2) is 22.7 Å². The molecule has 2 aromatic carbocycles. The van der Waals surface area contributed by atoms with Crippen molar-refractivity contribution in [2.75, 3.05) is 0 Å². The zero-order valence-electron chi connectivity index (χ0n) is 18.0. The molecular weight excluding hydrogens is 416 g/mol. The fourth-order valence-electron chi connectivity index (χ4n) is 3.52. The minimum absolute atomic E-state index is 0.0139. The Morgan fingerprint density at radius 2 is 1.75 bits per heavy atom. The van der Waals surface area contributed by atoms with Crippen LogP contribution in [0.5, 0.6) is 0 Å². The molecule has 0 aliphatic rings. The first kappa shape index (κ1) is 23.3. The molecule has 0 bridgehead atoms. The van der Waals surface area contributed by atoms with Gasteiger partial charge in [-0.3, -0.25) is 14.4 Å². The van der Waals surface area contributed by atoms with E-state index in [1.54, 1.807) is 6.92 Å². The van der Waals surface area contributed by atoms with Crippen molar-refractivity contribution in [3.63, 3.8) is 0 Å². The highest BCUT2D eigenvalue weighted by Gasteiger charge is 2.25. The van der Waals surface area contributed by atoms with Crippen LogP contribution in [-0.2, 0) is 4.79 Å². The van der Waals surface area contributed by atoms with Crippen LogP contribution in [0.25, 0.3) is 10.8 Å². The molecule has 1 heterocycles. The van der Waals surface area contributed by atoms with Crippen molar-refractivity contribution in [2.24, 2.45) is 11.7 Å². The molecule has 6 nitrogen and oxygen atoms in total. The molecule has 0 saturated carbocycles. The van der Waals surface area contributed by atoms with Gasteiger partial charge in [-0.25, -0.2) is 8.78 Å². The van der Waals surface area contributed by atoms with Crippen molar-refractivity contribution in [1.82, 2.24) is 10.3 Å². The molecule has 168 valence electrons. The van der Waals surface area contributed by atoms with E-state index in [1.165, 1.54) is 30.5 Å². The number of aromatic nitrogens is 1. The van der Waals surface area contributed by atoms with Gasteiger partial charge in [0.2, 0.25) is 5.91 Å². The summed E-state index contributed by atoms with van der Waals surface area (Å²) in [7, 11) is 0. The molecule has 2 unspecified atom stereocenters. The summed E-state index contributed by atoms with van der Waals surface area (Å²) >= 11 is 0. The first-order valence-corrected chi connectivity index (χ1v) is 10.4. The summed E-state index contributed by atoms with van der Waals surface area (Å²) in [5.74, 6) is -3.46. The average Bonchev–Trinajstić information content (AvgIpc) is 2.77. The largest absolute Gasteiger partial charge is 0.348 e. The average molecular weight is 441 g/mol. The number of rotatable bonds is 7. The molecule has 1 amide bonds. The van der Waals surface area contributed by atoms with Gasteiger partial charge >= 0.3 is 0 Å². The van der Waals surface area contributed by atoms with E-state index in [1.807, 2.05) is 13.8 Å². The molecule has 0 aliphatic carbocycles. The summed E-state index contributed by atoms with van der Waals surface area (Å²) in [6, 6.07) is 6.50. The first-order chi connectivity index (χ1) is 15.1. The van der Waals surface area contributed by atoms with E-state index in [0.717, 1.165) is 12.1 Å². The summed E-state index contributed by atoms with van der Waals surface area (Å²) < 4.78 is 29.8. The summed E-state index contributed by atoms with van der Waals surface area (Å²) in [5, 5.41) is 3.19. The number of fused-ring (bicyclic) bond motifs is 1. The van der Waals surface area contributed by atoms with E-state index < -0.39 is 46.5 Å². The molecule has 3 atom stereocenters. The number of halogens is 2. The Kier molecular flexibility index (Phi) is 6.84. The van der Waals surface area contributed by atoms with Crippen molar-refractivity contribution in [3.8, 4) is 0 Å². The minimum atomic E-state index is -1.06. The third-order valence-corrected chi connectivity index (χ3v) is 5.77. The van der Waals surface area contributed by atoms with Crippen molar-refractivity contribution < 1.29 is 18.4 Å². The topological polar surface area (TPSA) is 105 Å². The summed E-state index contributed by atoms with van der Waals surface area (Å²) in [6.07, 6.45) is 2.08. The van der Waals surface area contributed by atoms with Gasteiger partial charge in [0.25, 0.3) is 5.56 Å². The van der Waals surface area contributed by atoms with Gasteiger partial charge in [-0.05, 0) is 48.1 Å². The molecule has 4 N–H and O–H groups in total. The number of aromatic amines is 1. The molecular formula is C24H25F2N3O3. The third kappa shape index (κ3) is 4.45. The highest BCUT2D eigenvalue weighted by molar-refractivity contribution is 6.16. The lowest BCUT2D eigenvalue weighted by molar-refractivity contribution is -0.124. The zero-order chi connectivity index (χ0) is 23.6. The van der Waals surface area contributed by atoms with Crippen LogP contribution in [0.2, 0.25) is 0 Å². The lowest BCUT2D eigenvalue weighted by Crippen LogP contribution is -2.45. The summed E-state index contributed by atoms with van der Waals surface area (Å²) in [5.41, 5.74) is 4.95. The quantitative estimate of drug-likeness (QED) is 0.487. The van der Waals surface area contributed by atoms with Crippen molar-refractivity contribution in [3.05, 3.63) is 81.3 Å². The van der Waals surface area contributed by atoms with Crippen LogP contribution < -0.4 is 16.6 Å². The molecule has 8 heteroatoms. The first-order valence-electron chi connectivity index (χ1n) is 10.4. The van der Waals surface area contributed by atoms with Gasteiger partial charge in [-0.15, -0.1) is 0 Å². The Morgan fingerprint density at radius 3 is 2.38 bits per heavy atom. The van der Waals surface area contributed by atoms with E-state index in [-0.39, 0.29) is 22.4 Å². The normalized spacial score (nSPS) is 14.1. The molecule has 3 rings (SSSR count). The Bertz CT molecular complexity index is 1220. The van der Waals surface area contributed by atoms with Crippen molar-refractivity contribution in [1.29, 1.82) is 0 Å². The molecule has 0 fully saturated rings. The third-order valence-electron chi connectivity index (χ3n) is 5.77. The second kappa shape index (κ2) is 9.40. The van der Waals surface area contributed by atoms with Crippen molar-refractivity contribution >= 4 is 22.5 Å². The highest BCUT2D eigenvalue weighted by Crippen LogP contribution is 2.25. The number of pyridine rings is 1. The Morgan fingerprint density at radius 1 is 1.09 bits per heavy atom. The summed E-state index contributed by atoms with van der Waals surface area (Å²) in [6.45, 7) is 5.33. The molecule has 32 heavy (non-hydrogen) atoms. The molecule has 0 aliphatic heterocycles. The number of nitrogens with one attached hydrogen (secondary N) is 2. The maximum absolute atomic E-state index is 14.9. The Hall–Kier alpha value is -3.39. The fourth-order valence-corrected chi connectivity index (χ4v) is 3.52. The number of amides is 1. The highest BCUT2D eigenvalue weighted by atomic mass is 19.1. The molecule has 0 radical (unpaired) electrons. The minimum Gasteiger partial charge on any atom is -0.348 e. The Labute approximate surface area is 183 Å². The SMILES string of the molecule is CCC(C)[C@H](N)C(=O)NC(C)c1cc(F)c(C(=O)c2cccc3c(=O)[nH]ccc23)c(F)c1. The predicted octanol–water partition coefficient (Wildman–Crippen LogP) is 3.59. The van der Waals surface area contributed by atoms with Gasteiger partial charge in [0.1, 0.15) is 11.6 Å². The van der Waals surface area contributed by atoms with Crippen LogP contribution in [0, 0.1) is 17.6 Å². The van der Waals surface area contributed by atoms with Crippen LogP contribution in [0.4, 0.5) is 8.78 Å². The van der Waals surface area contributed by atoms with E-state index in [9.17, 15) is 23.2 Å². The fraction of sp³-hybridized carbons (Fsp3) is 0.292. The monoisotopic (exact) mass is 441 g/mol. The number of H-pyrrole nitrogens is 1. The molecule has 0 saturated heterocycles. The lowest BCUT2D eigenvalue weighted by Gasteiger charge is -2.21. The second-order valence-corrected chi connectivity index (χ2v) is 7.90. The second-order valence-electron chi connectivity index (χ2n) is 7.90. The van der Waals surface area contributed by atoms with E-state index in [0.29, 0.717) is 11.8 Å². The lowest BCUT2D eigenvalue weighted by atomic mass is 9.95. The van der Waals surface area contributed by atoms with Gasteiger partial charge in [0.05, 0.1) is 17.6 Å². The van der Waals surface area contributed by atoms with E-state index >= 15 is 0 Å². The number of ketones is 1. The number of hydrogen-bond acceptors (Lipinski definition) is 4. The van der Waals surface area contributed by atoms with Gasteiger partial charge in [-0.2, -0.15) is 0 Å². The van der Waals surface area contributed by atoms with Crippen molar-refractivity contribution in [2.45, 2.75) is 39.3 Å². The number of benzene rings is 2. The van der Waals surface area contributed by atoms with Crippen LogP contribution in [0.3, 0.4) is 0 Å².